The van der Waals surface area contributed by atoms with E-state index in [0.29, 0.717) is 11.8 Å². The SMILES string of the molecule is CC(CCN)CNCCNCC(C)CCN.c1ccc2c(c1)CS2. The minimum Gasteiger partial charge on any atom is -0.330 e. The van der Waals surface area contributed by atoms with Crippen LogP contribution < -0.4 is 22.1 Å². The summed E-state index contributed by atoms with van der Waals surface area (Å²) >= 11 is 1.93. The molecular formula is C19H36N4S. The highest BCUT2D eigenvalue weighted by atomic mass is 32.2. The van der Waals surface area contributed by atoms with Gasteiger partial charge in [-0.05, 0) is 62.5 Å². The Morgan fingerprint density at radius 1 is 0.958 bits per heavy atom. The standard InChI is InChI=1S/C12H30N4.C7H6S/c1-11(3-5-13)9-15-7-8-16-10-12(2)4-6-14;1-2-4-7-6(3-1)5-8-7/h11-12,15-16H,3-10,13-14H2,1-2H3;1-4H,5H2. The summed E-state index contributed by atoms with van der Waals surface area (Å²) in [5, 5.41) is 6.87. The van der Waals surface area contributed by atoms with Gasteiger partial charge in [0.2, 0.25) is 0 Å². The van der Waals surface area contributed by atoms with Gasteiger partial charge in [-0.1, -0.05) is 32.0 Å². The van der Waals surface area contributed by atoms with Gasteiger partial charge in [0.1, 0.15) is 0 Å². The lowest BCUT2D eigenvalue weighted by Gasteiger charge is -2.15. The number of nitrogens with one attached hydrogen (secondary N) is 2. The van der Waals surface area contributed by atoms with Crippen molar-refractivity contribution in [3.8, 4) is 0 Å². The number of thioether (sulfide) groups is 1. The summed E-state index contributed by atoms with van der Waals surface area (Å²) in [6.45, 7) is 10.2. The maximum absolute atomic E-state index is 5.49. The molecule has 0 bridgehead atoms. The summed E-state index contributed by atoms with van der Waals surface area (Å²) < 4.78 is 0. The quantitative estimate of drug-likeness (QED) is 0.460. The number of benzene rings is 1. The Bertz CT molecular complexity index is 389. The summed E-state index contributed by atoms with van der Waals surface area (Å²) in [4.78, 5) is 1.47. The van der Waals surface area contributed by atoms with Crippen LogP contribution in [0.15, 0.2) is 29.2 Å². The van der Waals surface area contributed by atoms with Crippen LogP contribution in [0.2, 0.25) is 0 Å². The molecule has 1 aliphatic rings. The first-order chi connectivity index (χ1) is 11.7. The summed E-state index contributed by atoms with van der Waals surface area (Å²) in [6, 6.07) is 8.54. The molecule has 0 radical (unpaired) electrons. The van der Waals surface area contributed by atoms with Gasteiger partial charge >= 0.3 is 0 Å². The Labute approximate surface area is 152 Å². The minimum atomic E-state index is 0.682. The van der Waals surface area contributed by atoms with Gasteiger partial charge in [0, 0.05) is 23.7 Å². The molecule has 5 heteroatoms. The average Bonchev–Trinajstić information content (AvgIpc) is 2.53. The monoisotopic (exact) mass is 352 g/mol. The largest absolute Gasteiger partial charge is 0.330 e. The second kappa shape index (κ2) is 13.7. The summed E-state index contributed by atoms with van der Waals surface area (Å²) in [5.41, 5.74) is 12.5. The van der Waals surface area contributed by atoms with Crippen molar-refractivity contribution in [1.29, 1.82) is 0 Å². The van der Waals surface area contributed by atoms with Crippen LogP contribution in [0.5, 0.6) is 0 Å². The van der Waals surface area contributed by atoms with Crippen molar-refractivity contribution in [2.45, 2.75) is 37.3 Å². The van der Waals surface area contributed by atoms with E-state index in [2.05, 4.69) is 48.7 Å². The van der Waals surface area contributed by atoms with Gasteiger partial charge in [-0.2, -0.15) is 0 Å². The zero-order chi connectivity index (χ0) is 17.6. The lowest BCUT2D eigenvalue weighted by molar-refractivity contribution is 0.458. The van der Waals surface area contributed by atoms with E-state index in [9.17, 15) is 0 Å². The molecule has 2 rings (SSSR count). The van der Waals surface area contributed by atoms with Crippen molar-refractivity contribution in [2.75, 3.05) is 39.3 Å². The smallest absolute Gasteiger partial charge is 0.0243 e. The lowest BCUT2D eigenvalue weighted by atomic mass is 10.1. The number of nitrogens with two attached hydrogens (primary N) is 2. The summed E-state index contributed by atoms with van der Waals surface area (Å²) in [6.07, 6.45) is 2.21. The molecule has 6 N–H and O–H groups in total. The first-order valence-corrected chi connectivity index (χ1v) is 10.2. The molecule has 0 fully saturated rings. The highest BCUT2D eigenvalue weighted by Crippen LogP contribution is 2.36. The van der Waals surface area contributed by atoms with Crippen LogP contribution in [0.3, 0.4) is 0 Å². The van der Waals surface area contributed by atoms with Crippen molar-refractivity contribution in [2.24, 2.45) is 23.3 Å². The molecule has 0 saturated heterocycles. The van der Waals surface area contributed by atoms with Crippen LogP contribution in [0, 0.1) is 11.8 Å². The molecule has 4 nitrogen and oxygen atoms in total. The molecular weight excluding hydrogens is 316 g/mol. The van der Waals surface area contributed by atoms with E-state index in [1.54, 1.807) is 0 Å². The zero-order valence-corrected chi connectivity index (χ0v) is 16.2. The second-order valence-corrected chi connectivity index (χ2v) is 7.69. The van der Waals surface area contributed by atoms with Crippen LogP contribution >= 0.6 is 11.8 Å². The van der Waals surface area contributed by atoms with Crippen molar-refractivity contribution in [1.82, 2.24) is 10.6 Å². The predicted octanol–water partition coefficient (Wildman–Crippen LogP) is 2.43. The molecule has 2 unspecified atom stereocenters. The van der Waals surface area contributed by atoms with Crippen LogP contribution in [0.1, 0.15) is 32.3 Å². The van der Waals surface area contributed by atoms with Gasteiger partial charge in [-0.25, -0.2) is 0 Å². The predicted molar refractivity (Wildman–Crippen MR) is 107 cm³/mol. The fourth-order valence-corrected chi connectivity index (χ4v) is 3.30. The molecule has 1 aromatic rings. The van der Waals surface area contributed by atoms with E-state index in [-0.39, 0.29) is 0 Å². The van der Waals surface area contributed by atoms with Gasteiger partial charge in [0.25, 0.3) is 0 Å². The third-order valence-corrected chi connectivity index (χ3v) is 5.30. The Morgan fingerprint density at radius 3 is 1.83 bits per heavy atom. The molecule has 0 amide bonds. The van der Waals surface area contributed by atoms with Crippen molar-refractivity contribution < 1.29 is 0 Å². The summed E-state index contributed by atoms with van der Waals surface area (Å²) in [7, 11) is 0. The number of fused-ring (bicyclic) bond motifs is 1. The lowest BCUT2D eigenvalue weighted by Crippen LogP contribution is -2.32. The Balaban J connectivity index is 0.000000292. The Hall–Kier alpha value is -0.590. The van der Waals surface area contributed by atoms with Crippen LogP contribution in [-0.2, 0) is 5.75 Å². The number of rotatable bonds is 11. The fraction of sp³-hybridized carbons (Fsp3) is 0.684. The third-order valence-electron chi connectivity index (χ3n) is 4.14. The van der Waals surface area contributed by atoms with Crippen LogP contribution in [-0.4, -0.2) is 39.3 Å². The normalized spacial score (nSPS) is 14.8. The van der Waals surface area contributed by atoms with Crippen molar-refractivity contribution in [3.63, 3.8) is 0 Å². The first kappa shape index (κ1) is 21.5. The van der Waals surface area contributed by atoms with Gasteiger partial charge < -0.3 is 22.1 Å². The van der Waals surface area contributed by atoms with E-state index in [1.165, 1.54) is 16.2 Å². The molecule has 1 heterocycles. The third kappa shape index (κ3) is 9.64. The molecule has 0 saturated carbocycles. The van der Waals surface area contributed by atoms with E-state index in [0.717, 1.165) is 52.1 Å². The summed E-state index contributed by atoms with van der Waals surface area (Å²) in [5.74, 6) is 2.58. The van der Waals surface area contributed by atoms with Gasteiger partial charge in [0.15, 0.2) is 0 Å². The van der Waals surface area contributed by atoms with E-state index < -0.39 is 0 Å². The number of hydrogen-bond acceptors (Lipinski definition) is 5. The Morgan fingerprint density at radius 2 is 1.50 bits per heavy atom. The molecule has 2 atom stereocenters. The number of hydrogen-bond donors (Lipinski definition) is 4. The van der Waals surface area contributed by atoms with E-state index in [1.807, 2.05) is 11.8 Å². The maximum Gasteiger partial charge on any atom is 0.0243 e. The topological polar surface area (TPSA) is 76.1 Å². The highest BCUT2D eigenvalue weighted by Gasteiger charge is 2.10. The molecule has 24 heavy (non-hydrogen) atoms. The molecule has 0 spiro atoms. The van der Waals surface area contributed by atoms with Crippen LogP contribution in [0.4, 0.5) is 0 Å². The average molecular weight is 353 g/mol. The van der Waals surface area contributed by atoms with E-state index >= 15 is 0 Å². The molecule has 138 valence electrons. The fourth-order valence-electron chi connectivity index (χ4n) is 2.49. The molecule has 0 aromatic heterocycles. The highest BCUT2D eigenvalue weighted by molar-refractivity contribution is 7.99. The van der Waals surface area contributed by atoms with Crippen LogP contribution in [0.25, 0.3) is 0 Å². The molecule has 1 aromatic carbocycles. The first-order valence-electron chi connectivity index (χ1n) is 9.19. The van der Waals surface area contributed by atoms with Crippen molar-refractivity contribution >= 4 is 11.8 Å². The maximum atomic E-state index is 5.49. The zero-order valence-electron chi connectivity index (χ0n) is 15.4. The van der Waals surface area contributed by atoms with Gasteiger partial charge in [-0.15, -0.1) is 11.8 Å². The Kier molecular flexibility index (Phi) is 12.2. The van der Waals surface area contributed by atoms with Gasteiger partial charge in [-0.3, -0.25) is 0 Å². The van der Waals surface area contributed by atoms with E-state index in [4.69, 9.17) is 11.5 Å². The second-order valence-electron chi connectivity index (χ2n) is 6.67. The minimum absolute atomic E-state index is 0.682. The molecule has 0 aliphatic carbocycles. The van der Waals surface area contributed by atoms with Crippen molar-refractivity contribution in [3.05, 3.63) is 29.8 Å². The molecule has 1 aliphatic heterocycles. The van der Waals surface area contributed by atoms with Gasteiger partial charge in [0.05, 0.1) is 0 Å².